The first-order valence-corrected chi connectivity index (χ1v) is 11.1. The van der Waals surface area contributed by atoms with Crippen molar-refractivity contribution in [2.24, 2.45) is 23.7 Å². The lowest BCUT2D eigenvalue weighted by atomic mass is 9.60. The van der Waals surface area contributed by atoms with Crippen LogP contribution < -0.4 is 0 Å². The van der Waals surface area contributed by atoms with Gasteiger partial charge in [-0.15, -0.1) is 0 Å². The van der Waals surface area contributed by atoms with Gasteiger partial charge < -0.3 is 4.74 Å². The molecule has 4 nitrogen and oxygen atoms in total. The number of carbonyl (C=O) groups is 1. The Morgan fingerprint density at radius 3 is 2.83 bits per heavy atom. The van der Waals surface area contributed by atoms with E-state index in [1.54, 1.807) is 0 Å². The van der Waals surface area contributed by atoms with Crippen molar-refractivity contribution in [1.82, 2.24) is 4.98 Å². The third-order valence-corrected chi connectivity index (χ3v) is 7.26. The molecule has 0 N–H and O–H groups in total. The first kappa shape index (κ1) is 19.1. The molecule has 3 fully saturated rings. The van der Waals surface area contributed by atoms with E-state index in [2.05, 4.69) is 29.3 Å². The monoisotopic (exact) mass is 398 g/mol. The third kappa shape index (κ3) is 3.65. The Morgan fingerprint density at radius 1 is 1.10 bits per heavy atom. The summed E-state index contributed by atoms with van der Waals surface area (Å²) in [5.41, 5.74) is 3.58. The number of nitriles is 1. The smallest absolute Gasteiger partial charge is 0.306 e. The Hall–Kier alpha value is -2.93. The summed E-state index contributed by atoms with van der Waals surface area (Å²) in [5, 5.41) is 9.11. The van der Waals surface area contributed by atoms with Crippen molar-refractivity contribution >= 4 is 12.0 Å². The number of rotatable bonds is 3. The van der Waals surface area contributed by atoms with E-state index < -0.39 is 0 Å². The molecular formula is C26H26N2O2. The number of ether oxygens (including phenoxy) is 1. The van der Waals surface area contributed by atoms with Gasteiger partial charge >= 0.3 is 5.97 Å². The minimum absolute atomic E-state index is 0.0240. The fraction of sp³-hybridized carbons (Fsp3) is 0.423. The molecule has 1 aliphatic heterocycles. The number of allylic oxidation sites excluding steroid dienone is 1. The van der Waals surface area contributed by atoms with Crippen molar-refractivity contribution in [3.05, 3.63) is 59.9 Å². The van der Waals surface area contributed by atoms with Crippen LogP contribution in [0.15, 0.2) is 48.7 Å². The number of nitrogens with zero attached hydrogens (tertiary/aromatic N) is 2. The minimum Gasteiger partial charge on any atom is -0.462 e. The zero-order valence-corrected chi connectivity index (χ0v) is 17.0. The average Bonchev–Trinajstić information content (AvgIpc) is 3.16. The van der Waals surface area contributed by atoms with Gasteiger partial charge in [-0.25, -0.2) is 0 Å². The van der Waals surface area contributed by atoms with Crippen LogP contribution in [0, 0.1) is 35.0 Å². The molecule has 152 valence electrons. The molecule has 1 aromatic carbocycles. The molecule has 1 saturated heterocycles. The van der Waals surface area contributed by atoms with Crippen LogP contribution >= 0.6 is 0 Å². The summed E-state index contributed by atoms with van der Waals surface area (Å²) in [6.07, 6.45) is 13.1. The molecule has 3 aliphatic rings. The highest BCUT2D eigenvalue weighted by molar-refractivity contribution is 5.72. The van der Waals surface area contributed by atoms with Gasteiger partial charge in [-0.05, 0) is 60.4 Å². The number of esters is 1. The lowest BCUT2D eigenvalue weighted by Gasteiger charge is -2.45. The van der Waals surface area contributed by atoms with E-state index in [-0.39, 0.29) is 12.1 Å². The molecule has 0 amide bonds. The van der Waals surface area contributed by atoms with Gasteiger partial charge in [0.1, 0.15) is 6.10 Å². The average molecular weight is 399 g/mol. The standard InChI is InChI=1S/C26H26N2O2/c27-15-17-4-3-6-18(12-17)20-8-9-21(28-16-20)10-11-23-22-7-2-1-5-19(22)13-25-24(23)14-26(29)30-25/h3-4,6,8-12,16,19,22-25H,1-2,5,7,13-14H2/t19-,22+,23-,24+,25-/m0/s1. The molecule has 2 heterocycles. The zero-order chi connectivity index (χ0) is 20.5. The van der Waals surface area contributed by atoms with E-state index in [0.29, 0.717) is 35.7 Å². The second kappa shape index (κ2) is 8.07. The number of aromatic nitrogens is 1. The molecule has 2 saturated carbocycles. The Balaban J connectivity index is 1.36. The van der Waals surface area contributed by atoms with E-state index >= 15 is 0 Å². The van der Waals surface area contributed by atoms with Crippen LogP contribution in [0.1, 0.15) is 49.8 Å². The van der Waals surface area contributed by atoms with Gasteiger partial charge in [0, 0.05) is 17.7 Å². The first-order chi connectivity index (χ1) is 14.7. The number of hydrogen-bond donors (Lipinski definition) is 0. The largest absolute Gasteiger partial charge is 0.462 e. The third-order valence-electron chi connectivity index (χ3n) is 7.26. The number of fused-ring (bicyclic) bond motifs is 2. The Morgan fingerprint density at radius 2 is 2.00 bits per heavy atom. The molecule has 0 radical (unpaired) electrons. The molecule has 4 heteroatoms. The summed E-state index contributed by atoms with van der Waals surface area (Å²) in [4.78, 5) is 16.6. The van der Waals surface area contributed by atoms with E-state index in [9.17, 15) is 4.79 Å². The Kier molecular flexibility index (Phi) is 5.12. The van der Waals surface area contributed by atoms with Crippen LogP contribution in [0.2, 0.25) is 0 Å². The van der Waals surface area contributed by atoms with Gasteiger partial charge in [0.25, 0.3) is 0 Å². The maximum absolute atomic E-state index is 12.0. The van der Waals surface area contributed by atoms with E-state index in [1.165, 1.54) is 25.7 Å². The van der Waals surface area contributed by atoms with Crippen LogP contribution in [0.4, 0.5) is 0 Å². The number of hydrogen-bond acceptors (Lipinski definition) is 4. The molecule has 1 aromatic heterocycles. The van der Waals surface area contributed by atoms with E-state index in [4.69, 9.17) is 10.00 Å². The Bertz CT molecular complexity index is 1000. The maximum atomic E-state index is 12.0. The molecule has 5 atom stereocenters. The summed E-state index contributed by atoms with van der Waals surface area (Å²) in [5.74, 6) is 2.04. The summed E-state index contributed by atoms with van der Waals surface area (Å²) in [7, 11) is 0. The van der Waals surface area contributed by atoms with Gasteiger partial charge in [0.15, 0.2) is 0 Å². The molecular weight excluding hydrogens is 372 g/mol. The van der Waals surface area contributed by atoms with Crippen LogP contribution in [0.5, 0.6) is 0 Å². The minimum atomic E-state index is -0.0240. The van der Waals surface area contributed by atoms with Gasteiger partial charge in [0.05, 0.1) is 23.7 Å². The molecule has 0 bridgehead atoms. The molecule has 5 rings (SSSR count). The van der Waals surface area contributed by atoms with Crippen LogP contribution in [0.3, 0.4) is 0 Å². The normalized spacial score (nSPS) is 30.4. The van der Waals surface area contributed by atoms with Crippen LogP contribution in [0.25, 0.3) is 17.2 Å². The molecule has 0 unspecified atom stereocenters. The molecule has 2 aliphatic carbocycles. The zero-order valence-electron chi connectivity index (χ0n) is 17.0. The van der Waals surface area contributed by atoms with Gasteiger partial charge in [0.2, 0.25) is 0 Å². The van der Waals surface area contributed by atoms with Gasteiger partial charge in [-0.2, -0.15) is 5.26 Å². The SMILES string of the molecule is N#Cc1cccc(-c2ccc(C=C[C@H]3[C@@H]4CCCC[C@H]4C[C@@H]4OC(=O)C[C@H]34)nc2)c1. The molecule has 2 aromatic rings. The van der Waals surface area contributed by atoms with E-state index in [1.807, 2.05) is 36.5 Å². The number of pyridine rings is 1. The summed E-state index contributed by atoms with van der Waals surface area (Å²) < 4.78 is 5.67. The number of benzene rings is 1. The van der Waals surface area contributed by atoms with Crippen LogP contribution in [-0.2, 0) is 9.53 Å². The highest BCUT2D eigenvalue weighted by Crippen LogP contribution is 2.51. The summed E-state index contributed by atoms with van der Waals surface area (Å²) in [6.45, 7) is 0. The van der Waals surface area contributed by atoms with Crippen molar-refractivity contribution in [3.8, 4) is 17.2 Å². The highest BCUT2D eigenvalue weighted by Gasteiger charge is 2.49. The van der Waals surface area contributed by atoms with Crippen molar-refractivity contribution in [2.45, 2.75) is 44.6 Å². The molecule has 30 heavy (non-hydrogen) atoms. The highest BCUT2D eigenvalue weighted by atomic mass is 16.5. The fourth-order valence-corrected chi connectivity index (χ4v) is 5.82. The summed E-state index contributed by atoms with van der Waals surface area (Å²) in [6, 6.07) is 13.8. The lowest BCUT2D eigenvalue weighted by Crippen LogP contribution is -2.41. The van der Waals surface area contributed by atoms with Crippen molar-refractivity contribution in [1.29, 1.82) is 5.26 Å². The fourth-order valence-electron chi connectivity index (χ4n) is 5.82. The Labute approximate surface area is 177 Å². The maximum Gasteiger partial charge on any atom is 0.306 e. The number of carbonyl (C=O) groups excluding carboxylic acids is 1. The van der Waals surface area contributed by atoms with Crippen molar-refractivity contribution in [3.63, 3.8) is 0 Å². The lowest BCUT2D eigenvalue weighted by molar-refractivity contribution is -0.143. The molecule has 0 spiro atoms. The van der Waals surface area contributed by atoms with Crippen molar-refractivity contribution in [2.75, 3.05) is 0 Å². The first-order valence-electron chi connectivity index (χ1n) is 11.1. The van der Waals surface area contributed by atoms with E-state index in [0.717, 1.165) is 23.2 Å². The summed E-state index contributed by atoms with van der Waals surface area (Å²) >= 11 is 0. The quantitative estimate of drug-likeness (QED) is 0.650. The second-order valence-corrected chi connectivity index (χ2v) is 8.94. The van der Waals surface area contributed by atoms with Crippen molar-refractivity contribution < 1.29 is 9.53 Å². The second-order valence-electron chi connectivity index (χ2n) is 8.94. The predicted octanol–water partition coefficient (Wildman–Crippen LogP) is 5.39. The van der Waals surface area contributed by atoms with Crippen LogP contribution in [-0.4, -0.2) is 17.1 Å². The van der Waals surface area contributed by atoms with Gasteiger partial charge in [-0.1, -0.05) is 43.5 Å². The topological polar surface area (TPSA) is 63.0 Å². The predicted molar refractivity (Wildman–Crippen MR) is 115 cm³/mol. The van der Waals surface area contributed by atoms with Gasteiger partial charge in [-0.3, -0.25) is 9.78 Å².